The van der Waals surface area contributed by atoms with E-state index in [1.807, 2.05) is 66.9 Å². The van der Waals surface area contributed by atoms with Gasteiger partial charge in [0.25, 0.3) is 11.8 Å². The van der Waals surface area contributed by atoms with Gasteiger partial charge in [0, 0.05) is 22.4 Å². The Balaban J connectivity index is 1.42. The lowest BCUT2D eigenvalue weighted by molar-refractivity contribution is -0.119. The maximum atomic E-state index is 13.6. The molecular weight excluding hydrogens is 456 g/mol. The van der Waals surface area contributed by atoms with E-state index in [2.05, 4.69) is 10.6 Å². The second-order valence-corrected chi connectivity index (χ2v) is 10.5. The molecule has 1 saturated carbocycles. The normalized spacial score (nSPS) is 18.9. The topological polar surface area (TPSA) is 67.4 Å². The minimum Gasteiger partial charge on any atom is -0.487 e. The van der Waals surface area contributed by atoms with Crippen LogP contribution in [0.25, 0.3) is 6.08 Å². The van der Waals surface area contributed by atoms with Crippen molar-refractivity contribution in [2.24, 2.45) is 0 Å². The maximum Gasteiger partial charge on any atom is 0.268 e. The lowest BCUT2D eigenvalue weighted by Gasteiger charge is -2.44. The van der Waals surface area contributed by atoms with Crippen LogP contribution in [0.3, 0.4) is 0 Å². The predicted molar refractivity (Wildman–Crippen MR) is 139 cm³/mol. The summed E-state index contributed by atoms with van der Waals surface area (Å²) in [6.07, 6.45) is 7.97. The summed E-state index contributed by atoms with van der Waals surface area (Å²) >= 11 is 1.52. The van der Waals surface area contributed by atoms with Gasteiger partial charge in [-0.3, -0.25) is 9.59 Å². The minimum absolute atomic E-state index is 0.187. The van der Waals surface area contributed by atoms with Crippen LogP contribution in [0.1, 0.15) is 70.9 Å². The molecule has 2 N–H and O–H groups in total. The average molecular weight is 487 g/mol. The molecule has 0 unspecified atom stereocenters. The Labute approximate surface area is 210 Å². The number of hydrogen-bond donors (Lipinski definition) is 2. The molecule has 2 heterocycles. The molecule has 1 atom stereocenters. The van der Waals surface area contributed by atoms with E-state index in [4.69, 9.17) is 4.74 Å². The Morgan fingerprint density at radius 3 is 2.63 bits per heavy atom. The first-order valence-electron chi connectivity index (χ1n) is 12.2. The molecule has 5 nitrogen and oxygen atoms in total. The van der Waals surface area contributed by atoms with Crippen molar-refractivity contribution in [3.8, 4) is 5.75 Å². The van der Waals surface area contributed by atoms with Crippen molar-refractivity contribution < 1.29 is 14.3 Å². The summed E-state index contributed by atoms with van der Waals surface area (Å²) in [6, 6.07) is 19.0. The van der Waals surface area contributed by atoms with Crippen molar-refractivity contribution in [3.05, 3.63) is 93.3 Å². The van der Waals surface area contributed by atoms with E-state index in [9.17, 15) is 9.59 Å². The molecule has 2 amide bonds. The van der Waals surface area contributed by atoms with Gasteiger partial charge in [-0.05, 0) is 68.3 Å². The molecular formula is C29H30N2O3S. The van der Waals surface area contributed by atoms with Crippen LogP contribution in [-0.4, -0.2) is 17.4 Å². The average Bonchev–Trinajstić information content (AvgIpc) is 3.37. The van der Waals surface area contributed by atoms with Crippen molar-refractivity contribution in [2.45, 2.75) is 57.1 Å². The lowest BCUT2D eigenvalue weighted by Crippen LogP contribution is -2.47. The zero-order chi connectivity index (χ0) is 24.3. The van der Waals surface area contributed by atoms with E-state index in [0.717, 1.165) is 53.9 Å². The van der Waals surface area contributed by atoms with E-state index >= 15 is 0 Å². The lowest BCUT2D eigenvalue weighted by atomic mass is 9.77. The SMILES string of the molecule is Cc1cccc(C(=O)N/C(=C\c2cccs2)C(=O)N[C@H]2CC3(CCCCC3)Oc3ccccc32)c1. The van der Waals surface area contributed by atoms with Crippen LogP contribution in [-0.2, 0) is 4.79 Å². The third-order valence-electron chi connectivity index (χ3n) is 6.87. The van der Waals surface area contributed by atoms with Gasteiger partial charge in [-0.25, -0.2) is 0 Å². The van der Waals surface area contributed by atoms with Crippen molar-refractivity contribution in [2.75, 3.05) is 0 Å². The number of aryl methyl sites for hydroxylation is 1. The number of rotatable bonds is 5. The molecule has 2 aliphatic rings. The van der Waals surface area contributed by atoms with Crippen LogP contribution in [0.15, 0.2) is 71.7 Å². The molecule has 1 fully saturated rings. The standard InChI is InChI=1S/C29H30N2O3S/c1-20-9-7-10-21(17-20)27(32)30-24(18-22-11-8-16-35-22)28(33)31-25-19-29(14-5-2-6-15-29)34-26-13-4-3-12-23(25)26/h3-4,7-13,16-18,25H,2,5-6,14-15,19H2,1H3,(H,30,32)(H,31,33)/b24-18-/t25-/m0/s1. The predicted octanol–water partition coefficient (Wildman–Crippen LogP) is 6.17. The summed E-state index contributed by atoms with van der Waals surface area (Å²) in [5.41, 5.74) is 2.49. The van der Waals surface area contributed by atoms with Crippen molar-refractivity contribution in [1.29, 1.82) is 0 Å². The van der Waals surface area contributed by atoms with Crippen molar-refractivity contribution in [1.82, 2.24) is 10.6 Å². The Hall–Kier alpha value is -3.38. The molecule has 0 bridgehead atoms. The summed E-state index contributed by atoms with van der Waals surface area (Å²) < 4.78 is 6.52. The number of amides is 2. The van der Waals surface area contributed by atoms with Gasteiger partial charge >= 0.3 is 0 Å². The molecule has 5 rings (SSSR count). The maximum absolute atomic E-state index is 13.6. The van der Waals surface area contributed by atoms with Gasteiger partial charge in [0.1, 0.15) is 17.0 Å². The van der Waals surface area contributed by atoms with Gasteiger partial charge in [-0.1, -0.05) is 48.4 Å². The highest BCUT2D eigenvalue weighted by Crippen LogP contribution is 2.46. The first kappa shape index (κ1) is 23.4. The molecule has 0 radical (unpaired) electrons. The molecule has 35 heavy (non-hydrogen) atoms. The molecule has 0 saturated heterocycles. The van der Waals surface area contributed by atoms with Gasteiger partial charge in [0.05, 0.1) is 6.04 Å². The smallest absolute Gasteiger partial charge is 0.268 e. The third-order valence-corrected chi connectivity index (χ3v) is 7.69. The third kappa shape index (κ3) is 5.33. The molecule has 1 spiro atoms. The van der Waals surface area contributed by atoms with Crippen molar-refractivity contribution >= 4 is 29.2 Å². The zero-order valence-corrected chi connectivity index (χ0v) is 20.7. The number of nitrogens with one attached hydrogen (secondary N) is 2. The second-order valence-electron chi connectivity index (χ2n) is 9.51. The first-order valence-corrected chi connectivity index (χ1v) is 13.1. The fraction of sp³-hybridized carbons (Fsp3) is 0.310. The molecule has 1 aromatic heterocycles. The minimum atomic E-state index is -0.303. The number of carbonyl (C=O) groups is 2. The highest BCUT2D eigenvalue weighted by molar-refractivity contribution is 7.10. The largest absolute Gasteiger partial charge is 0.487 e. The van der Waals surface area contributed by atoms with Gasteiger partial charge in [0.2, 0.25) is 0 Å². The fourth-order valence-electron chi connectivity index (χ4n) is 5.14. The van der Waals surface area contributed by atoms with E-state index in [0.29, 0.717) is 5.56 Å². The quantitative estimate of drug-likeness (QED) is 0.424. The number of hydrogen-bond acceptors (Lipinski definition) is 4. The number of thiophene rings is 1. The Morgan fingerprint density at radius 1 is 1.03 bits per heavy atom. The number of fused-ring (bicyclic) bond motifs is 1. The molecule has 6 heteroatoms. The van der Waals surface area contributed by atoms with E-state index < -0.39 is 0 Å². The summed E-state index contributed by atoms with van der Waals surface area (Å²) in [6.45, 7) is 1.94. The van der Waals surface area contributed by atoms with E-state index in [1.54, 1.807) is 12.1 Å². The van der Waals surface area contributed by atoms with Crippen LogP contribution in [0.4, 0.5) is 0 Å². The summed E-state index contributed by atoms with van der Waals surface area (Å²) in [5, 5.41) is 8.05. The van der Waals surface area contributed by atoms with Gasteiger partial charge in [0.15, 0.2) is 0 Å². The summed E-state index contributed by atoms with van der Waals surface area (Å²) in [7, 11) is 0. The zero-order valence-electron chi connectivity index (χ0n) is 19.9. The molecule has 3 aromatic rings. The molecule has 2 aromatic carbocycles. The number of carbonyl (C=O) groups excluding carboxylic acids is 2. The Morgan fingerprint density at radius 2 is 1.86 bits per heavy atom. The second kappa shape index (κ2) is 10.1. The number of para-hydroxylation sites is 1. The highest BCUT2D eigenvalue weighted by Gasteiger charge is 2.42. The van der Waals surface area contributed by atoms with E-state index in [-0.39, 0.29) is 29.2 Å². The molecule has 180 valence electrons. The number of benzene rings is 2. The van der Waals surface area contributed by atoms with Crippen LogP contribution in [0.5, 0.6) is 5.75 Å². The van der Waals surface area contributed by atoms with E-state index in [1.165, 1.54) is 17.8 Å². The van der Waals surface area contributed by atoms with Crippen LogP contribution in [0.2, 0.25) is 0 Å². The monoisotopic (exact) mass is 486 g/mol. The summed E-state index contributed by atoms with van der Waals surface area (Å²) in [4.78, 5) is 27.5. The van der Waals surface area contributed by atoms with Crippen molar-refractivity contribution in [3.63, 3.8) is 0 Å². The molecule has 1 aliphatic heterocycles. The van der Waals surface area contributed by atoms with Crippen LogP contribution >= 0.6 is 11.3 Å². The highest BCUT2D eigenvalue weighted by atomic mass is 32.1. The summed E-state index contributed by atoms with van der Waals surface area (Å²) in [5.74, 6) is 0.244. The number of ether oxygens (including phenoxy) is 1. The van der Waals surface area contributed by atoms with Gasteiger partial charge in [-0.2, -0.15) is 0 Å². The Bertz CT molecular complexity index is 1240. The van der Waals surface area contributed by atoms with Crippen LogP contribution < -0.4 is 15.4 Å². The fourth-order valence-corrected chi connectivity index (χ4v) is 5.80. The van der Waals surface area contributed by atoms with Gasteiger partial charge in [-0.15, -0.1) is 11.3 Å². The van der Waals surface area contributed by atoms with Gasteiger partial charge < -0.3 is 15.4 Å². The Kier molecular flexibility index (Phi) is 6.73. The van der Waals surface area contributed by atoms with Crippen LogP contribution in [0, 0.1) is 6.92 Å². The first-order chi connectivity index (χ1) is 17.0. The molecule has 1 aliphatic carbocycles.